The Morgan fingerprint density at radius 2 is 2.08 bits per heavy atom. The number of hydrogen-bond acceptors (Lipinski definition) is 1. The molecule has 0 atom stereocenters. The summed E-state index contributed by atoms with van der Waals surface area (Å²) in [5.74, 6) is 0. The van der Waals surface area contributed by atoms with Gasteiger partial charge in [0.15, 0.2) is 0 Å². The van der Waals surface area contributed by atoms with E-state index in [-0.39, 0.29) is 0 Å². The lowest BCUT2D eigenvalue weighted by molar-refractivity contribution is 0.108. The Morgan fingerprint density at radius 1 is 1.50 bits per heavy atom. The first-order chi connectivity index (χ1) is 5.52. The number of halogens is 3. The highest BCUT2D eigenvalue weighted by Crippen LogP contribution is 2.25. The van der Waals surface area contributed by atoms with E-state index < -0.39 is 5.24 Å². The average Bonchev–Trinajstić information content (AvgIpc) is 1.96. The highest BCUT2D eigenvalue weighted by molar-refractivity contribution is 9.10. The van der Waals surface area contributed by atoms with Gasteiger partial charge in [0.25, 0.3) is 5.24 Å². The maximum atomic E-state index is 10.9. The predicted octanol–water partition coefficient (Wildman–Crippen LogP) is 3.79. The lowest BCUT2D eigenvalue weighted by Gasteiger charge is -2.03. The van der Waals surface area contributed by atoms with E-state index in [1.807, 2.05) is 0 Å². The topological polar surface area (TPSA) is 17.1 Å². The van der Waals surface area contributed by atoms with Crippen molar-refractivity contribution in [3.8, 4) is 0 Å². The highest BCUT2D eigenvalue weighted by Gasteiger charge is 2.09. The molecule has 64 valence electrons. The van der Waals surface area contributed by atoms with Gasteiger partial charge in [0.1, 0.15) is 0 Å². The number of carbonyl (C=O) groups excluding carboxylic acids is 1. The third-order valence-electron chi connectivity index (χ3n) is 1.52. The quantitative estimate of drug-likeness (QED) is 0.708. The SMILES string of the molecule is Cc1c(Br)cc(Cl)cc1C(=O)Cl. The van der Waals surface area contributed by atoms with Gasteiger partial charge in [0.2, 0.25) is 0 Å². The molecule has 0 heterocycles. The van der Waals surface area contributed by atoms with Crippen LogP contribution in [0.15, 0.2) is 16.6 Å². The van der Waals surface area contributed by atoms with Gasteiger partial charge in [-0.05, 0) is 36.2 Å². The molecule has 0 fully saturated rings. The zero-order valence-electron chi connectivity index (χ0n) is 6.20. The molecule has 0 aliphatic rings. The van der Waals surface area contributed by atoms with Crippen LogP contribution in [0.4, 0.5) is 0 Å². The molecule has 1 aromatic carbocycles. The molecule has 0 bridgehead atoms. The van der Waals surface area contributed by atoms with Crippen molar-refractivity contribution in [3.05, 3.63) is 32.8 Å². The van der Waals surface area contributed by atoms with E-state index in [4.69, 9.17) is 23.2 Å². The molecule has 0 amide bonds. The smallest absolute Gasteiger partial charge is 0.252 e. The van der Waals surface area contributed by atoms with Crippen molar-refractivity contribution in [2.45, 2.75) is 6.92 Å². The normalized spacial score (nSPS) is 10.0. The zero-order chi connectivity index (χ0) is 9.30. The summed E-state index contributed by atoms with van der Waals surface area (Å²) in [6.07, 6.45) is 0. The Kier molecular flexibility index (Phi) is 3.16. The van der Waals surface area contributed by atoms with Crippen LogP contribution in [-0.4, -0.2) is 5.24 Å². The van der Waals surface area contributed by atoms with Crippen LogP contribution in [0.3, 0.4) is 0 Å². The summed E-state index contributed by atoms with van der Waals surface area (Å²) in [5, 5.41) is 0.00664. The molecule has 0 unspecified atom stereocenters. The second kappa shape index (κ2) is 3.77. The zero-order valence-corrected chi connectivity index (χ0v) is 9.29. The first kappa shape index (κ1) is 10.0. The predicted molar refractivity (Wildman–Crippen MR) is 54.1 cm³/mol. The summed E-state index contributed by atoms with van der Waals surface area (Å²) in [7, 11) is 0. The van der Waals surface area contributed by atoms with E-state index in [1.165, 1.54) is 0 Å². The maximum Gasteiger partial charge on any atom is 0.252 e. The monoisotopic (exact) mass is 266 g/mol. The van der Waals surface area contributed by atoms with Gasteiger partial charge >= 0.3 is 0 Å². The Morgan fingerprint density at radius 3 is 2.58 bits per heavy atom. The van der Waals surface area contributed by atoms with E-state index in [2.05, 4.69) is 15.9 Å². The van der Waals surface area contributed by atoms with Crippen molar-refractivity contribution >= 4 is 44.4 Å². The molecule has 0 aromatic heterocycles. The summed E-state index contributed by atoms with van der Waals surface area (Å²) in [4.78, 5) is 10.9. The van der Waals surface area contributed by atoms with E-state index in [0.29, 0.717) is 10.6 Å². The van der Waals surface area contributed by atoms with Gasteiger partial charge in [0.05, 0.1) is 0 Å². The summed E-state index contributed by atoms with van der Waals surface area (Å²) < 4.78 is 0.791. The molecule has 0 N–H and O–H groups in total. The van der Waals surface area contributed by atoms with Crippen molar-refractivity contribution in [1.82, 2.24) is 0 Å². The summed E-state index contributed by atoms with van der Waals surface area (Å²) in [6, 6.07) is 3.28. The fraction of sp³-hybridized carbons (Fsp3) is 0.125. The number of hydrogen-bond donors (Lipinski definition) is 0. The second-order valence-corrected chi connectivity index (χ2v) is 3.97. The first-order valence-corrected chi connectivity index (χ1v) is 4.72. The number of carbonyl (C=O) groups is 1. The minimum Gasteiger partial charge on any atom is -0.276 e. The molecule has 1 rings (SSSR count). The van der Waals surface area contributed by atoms with Crippen molar-refractivity contribution in [1.29, 1.82) is 0 Å². The molecule has 0 aliphatic heterocycles. The van der Waals surface area contributed by atoms with Gasteiger partial charge in [-0.1, -0.05) is 27.5 Å². The third kappa shape index (κ3) is 2.00. The summed E-state index contributed by atoms with van der Waals surface area (Å²) in [5.41, 5.74) is 1.25. The van der Waals surface area contributed by atoms with Crippen LogP contribution < -0.4 is 0 Å². The summed E-state index contributed by atoms with van der Waals surface area (Å²) >= 11 is 14.3. The molecule has 0 radical (unpaired) electrons. The lowest BCUT2D eigenvalue weighted by atomic mass is 10.1. The minimum atomic E-state index is -0.490. The van der Waals surface area contributed by atoms with Crippen LogP contribution in [0.1, 0.15) is 15.9 Å². The van der Waals surface area contributed by atoms with Crippen molar-refractivity contribution in [2.75, 3.05) is 0 Å². The van der Waals surface area contributed by atoms with E-state index in [1.54, 1.807) is 19.1 Å². The molecule has 0 aliphatic carbocycles. The largest absolute Gasteiger partial charge is 0.276 e. The Balaban J connectivity index is 3.37. The molecule has 0 saturated carbocycles. The van der Waals surface area contributed by atoms with Crippen LogP contribution in [0, 0.1) is 6.92 Å². The van der Waals surface area contributed by atoms with Crippen LogP contribution in [0.25, 0.3) is 0 Å². The lowest BCUT2D eigenvalue weighted by Crippen LogP contribution is -1.93. The fourth-order valence-corrected chi connectivity index (χ4v) is 1.86. The average molecular weight is 268 g/mol. The number of benzene rings is 1. The Hall–Kier alpha value is -0.0500. The van der Waals surface area contributed by atoms with Crippen molar-refractivity contribution in [3.63, 3.8) is 0 Å². The third-order valence-corrected chi connectivity index (χ3v) is 2.77. The van der Waals surface area contributed by atoms with Crippen molar-refractivity contribution < 1.29 is 4.79 Å². The first-order valence-electron chi connectivity index (χ1n) is 3.18. The molecule has 4 heteroatoms. The van der Waals surface area contributed by atoms with E-state index in [0.717, 1.165) is 10.0 Å². The molecule has 12 heavy (non-hydrogen) atoms. The minimum absolute atomic E-state index is 0.441. The maximum absolute atomic E-state index is 10.9. The Bertz CT molecular complexity index is 336. The second-order valence-electron chi connectivity index (χ2n) is 2.33. The van der Waals surface area contributed by atoms with Gasteiger partial charge in [0, 0.05) is 15.1 Å². The molecule has 1 aromatic rings. The Labute approximate surface area is 88.8 Å². The van der Waals surface area contributed by atoms with E-state index in [9.17, 15) is 4.79 Å². The van der Waals surface area contributed by atoms with Gasteiger partial charge in [-0.15, -0.1) is 0 Å². The highest BCUT2D eigenvalue weighted by atomic mass is 79.9. The van der Waals surface area contributed by atoms with Crippen LogP contribution in [0.2, 0.25) is 5.02 Å². The van der Waals surface area contributed by atoms with Gasteiger partial charge in [-0.3, -0.25) is 4.79 Å². The molecule has 1 nitrogen and oxygen atoms in total. The summed E-state index contributed by atoms with van der Waals surface area (Å²) in [6.45, 7) is 1.80. The van der Waals surface area contributed by atoms with Gasteiger partial charge < -0.3 is 0 Å². The molecule has 0 spiro atoms. The fourth-order valence-electron chi connectivity index (χ4n) is 0.850. The van der Waals surface area contributed by atoms with Gasteiger partial charge in [-0.25, -0.2) is 0 Å². The number of rotatable bonds is 1. The molecular formula is C8H5BrCl2O. The molecule has 0 saturated heterocycles. The van der Waals surface area contributed by atoms with Gasteiger partial charge in [-0.2, -0.15) is 0 Å². The van der Waals surface area contributed by atoms with Crippen LogP contribution in [0.5, 0.6) is 0 Å². The van der Waals surface area contributed by atoms with Crippen molar-refractivity contribution in [2.24, 2.45) is 0 Å². The standard InChI is InChI=1S/C8H5BrCl2O/c1-4-6(8(11)12)2-5(10)3-7(4)9/h2-3H,1H3. The van der Waals surface area contributed by atoms with Crippen LogP contribution in [-0.2, 0) is 0 Å². The molecular weight excluding hydrogens is 263 g/mol. The van der Waals surface area contributed by atoms with Crippen LogP contribution >= 0.6 is 39.1 Å². The van der Waals surface area contributed by atoms with E-state index >= 15 is 0 Å².